The van der Waals surface area contributed by atoms with Gasteiger partial charge in [-0.3, -0.25) is 14.6 Å². The third kappa shape index (κ3) is 5.27. The predicted octanol–water partition coefficient (Wildman–Crippen LogP) is 5.12. The molecule has 1 aromatic carbocycles. The molecule has 2 aromatic heterocycles. The van der Waals surface area contributed by atoms with Crippen molar-refractivity contribution in [1.82, 2.24) is 9.88 Å². The largest absolute Gasteiger partial charge is 0.507 e. The van der Waals surface area contributed by atoms with E-state index in [0.29, 0.717) is 47.5 Å². The highest BCUT2D eigenvalue weighted by molar-refractivity contribution is 6.46. The lowest BCUT2D eigenvalue weighted by molar-refractivity contribution is -0.140. The number of carbonyl (C=O) groups is 2. The fourth-order valence-corrected chi connectivity index (χ4v) is 4.11. The maximum Gasteiger partial charge on any atom is 0.296 e. The molecule has 0 bridgehead atoms. The molecule has 8 heteroatoms. The number of furan rings is 1. The third-order valence-corrected chi connectivity index (χ3v) is 5.94. The van der Waals surface area contributed by atoms with E-state index in [-0.39, 0.29) is 17.9 Å². The zero-order chi connectivity index (χ0) is 25.7. The number of hydrogen-bond acceptors (Lipinski definition) is 7. The van der Waals surface area contributed by atoms with Crippen LogP contribution >= 0.6 is 0 Å². The first-order valence-corrected chi connectivity index (χ1v) is 12.0. The van der Waals surface area contributed by atoms with Gasteiger partial charge in [0.15, 0.2) is 11.5 Å². The number of aliphatic hydroxyl groups excluding tert-OH is 1. The van der Waals surface area contributed by atoms with Crippen molar-refractivity contribution in [3.05, 3.63) is 83.6 Å². The molecule has 1 fully saturated rings. The Morgan fingerprint density at radius 3 is 2.56 bits per heavy atom. The Morgan fingerprint density at radius 2 is 1.89 bits per heavy atom. The molecule has 0 aliphatic carbocycles. The predicted molar refractivity (Wildman–Crippen MR) is 133 cm³/mol. The van der Waals surface area contributed by atoms with Crippen LogP contribution in [0, 0.1) is 5.92 Å². The first-order chi connectivity index (χ1) is 17.4. The van der Waals surface area contributed by atoms with Gasteiger partial charge < -0.3 is 23.9 Å². The van der Waals surface area contributed by atoms with Crippen molar-refractivity contribution >= 4 is 17.4 Å². The molecular weight excluding hydrogens is 460 g/mol. The Balaban J connectivity index is 1.80. The van der Waals surface area contributed by atoms with Crippen molar-refractivity contribution in [3.8, 4) is 11.5 Å². The van der Waals surface area contributed by atoms with Crippen LogP contribution in [-0.2, 0) is 16.1 Å². The van der Waals surface area contributed by atoms with Crippen LogP contribution in [0.25, 0.3) is 5.76 Å². The van der Waals surface area contributed by atoms with E-state index in [1.54, 1.807) is 42.5 Å². The highest BCUT2D eigenvalue weighted by Crippen LogP contribution is 2.42. The summed E-state index contributed by atoms with van der Waals surface area (Å²) >= 11 is 0. The number of likely N-dealkylation sites (tertiary alicyclic amines) is 1. The average Bonchev–Trinajstić information content (AvgIpc) is 3.47. The lowest BCUT2D eigenvalue weighted by Crippen LogP contribution is -2.29. The number of ketones is 1. The normalized spacial score (nSPS) is 17.1. The Morgan fingerprint density at radius 1 is 1.11 bits per heavy atom. The van der Waals surface area contributed by atoms with Gasteiger partial charge in [-0.05, 0) is 61.2 Å². The maximum atomic E-state index is 13.2. The van der Waals surface area contributed by atoms with Crippen LogP contribution < -0.4 is 9.47 Å². The molecule has 8 nitrogen and oxygen atoms in total. The van der Waals surface area contributed by atoms with Crippen LogP contribution in [0.2, 0.25) is 0 Å². The summed E-state index contributed by atoms with van der Waals surface area (Å²) in [4.78, 5) is 31.7. The average molecular weight is 491 g/mol. The number of Topliss-reactive ketones (excluding diaryl/α,β-unsaturated/α-hetero) is 1. The lowest BCUT2D eigenvalue weighted by atomic mass is 9.95. The summed E-state index contributed by atoms with van der Waals surface area (Å²) in [6, 6.07) is 11.1. The number of nitrogens with zero attached hydrogens (tertiary/aromatic N) is 2. The van der Waals surface area contributed by atoms with Crippen molar-refractivity contribution in [2.45, 2.75) is 39.8 Å². The summed E-state index contributed by atoms with van der Waals surface area (Å²) in [5, 5.41) is 11.2. The molecular formula is C28H30N2O6. The Bertz CT molecular complexity index is 1230. The van der Waals surface area contributed by atoms with Crippen molar-refractivity contribution in [3.63, 3.8) is 0 Å². The van der Waals surface area contributed by atoms with Crippen LogP contribution in [0.5, 0.6) is 11.5 Å². The van der Waals surface area contributed by atoms with Crippen LogP contribution in [0.3, 0.4) is 0 Å². The van der Waals surface area contributed by atoms with Gasteiger partial charge in [-0.25, -0.2) is 0 Å². The topological polar surface area (TPSA) is 102 Å². The number of pyridine rings is 1. The van der Waals surface area contributed by atoms with E-state index in [0.717, 1.165) is 6.42 Å². The first kappa shape index (κ1) is 25.0. The summed E-state index contributed by atoms with van der Waals surface area (Å²) in [5.41, 5.74) is 0.995. The van der Waals surface area contributed by atoms with E-state index < -0.39 is 17.7 Å². The zero-order valence-corrected chi connectivity index (χ0v) is 20.6. The number of aromatic nitrogens is 1. The molecule has 0 radical (unpaired) electrons. The van der Waals surface area contributed by atoms with E-state index in [2.05, 4.69) is 18.8 Å². The van der Waals surface area contributed by atoms with Crippen molar-refractivity contribution < 1.29 is 28.6 Å². The molecule has 36 heavy (non-hydrogen) atoms. The molecule has 4 rings (SSSR count). The SMILES string of the molecule is CCOc1cc(C2C(=C(O)c3ccncc3)C(=O)C(=O)N2Cc2ccco2)ccc1OCCC(C)C. The minimum absolute atomic E-state index is 0.00585. The second-order valence-electron chi connectivity index (χ2n) is 8.91. The number of rotatable bonds is 10. The van der Waals surface area contributed by atoms with Crippen LogP contribution in [0.4, 0.5) is 0 Å². The molecule has 1 aliphatic rings. The fourth-order valence-electron chi connectivity index (χ4n) is 4.11. The Hall–Kier alpha value is -4.07. The van der Waals surface area contributed by atoms with Gasteiger partial charge in [0, 0.05) is 18.0 Å². The monoisotopic (exact) mass is 490 g/mol. The van der Waals surface area contributed by atoms with Gasteiger partial charge in [-0.15, -0.1) is 0 Å². The van der Waals surface area contributed by atoms with Crippen LogP contribution in [0.15, 0.2) is 71.1 Å². The van der Waals surface area contributed by atoms with E-state index in [1.807, 2.05) is 6.92 Å². The highest BCUT2D eigenvalue weighted by atomic mass is 16.5. The van der Waals surface area contributed by atoms with Gasteiger partial charge in [0.25, 0.3) is 11.7 Å². The Kier molecular flexibility index (Phi) is 7.73. The fraction of sp³-hybridized carbons (Fsp3) is 0.321. The summed E-state index contributed by atoms with van der Waals surface area (Å²) in [5.74, 6) is 0.347. The summed E-state index contributed by atoms with van der Waals surface area (Å²) in [6.45, 7) is 7.13. The number of benzene rings is 1. The highest BCUT2D eigenvalue weighted by Gasteiger charge is 2.46. The molecule has 3 aromatic rings. The van der Waals surface area contributed by atoms with E-state index >= 15 is 0 Å². The summed E-state index contributed by atoms with van der Waals surface area (Å²) < 4.78 is 17.3. The van der Waals surface area contributed by atoms with Gasteiger partial charge in [0.05, 0.1) is 37.6 Å². The zero-order valence-electron chi connectivity index (χ0n) is 20.6. The van der Waals surface area contributed by atoms with E-state index in [1.165, 1.54) is 23.6 Å². The van der Waals surface area contributed by atoms with Crippen molar-refractivity contribution in [1.29, 1.82) is 0 Å². The summed E-state index contributed by atoms with van der Waals surface area (Å²) in [7, 11) is 0. The number of aliphatic hydroxyl groups is 1. The molecule has 1 N–H and O–H groups in total. The van der Waals surface area contributed by atoms with Crippen LogP contribution in [-0.4, -0.2) is 39.9 Å². The first-order valence-electron chi connectivity index (χ1n) is 12.0. The quantitative estimate of drug-likeness (QED) is 0.239. The van der Waals surface area contributed by atoms with Gasteiger partial charge in [0.1, 0.15) is 11.5 Å². The van der Waals surface area contributed by atoms with E-state index in [9.17, 15) is 14.7 Å². The van der Waals surface area contributed by atoms with Crippen LogP contribution in [0.1, 0.15) is 50.1 Å². The molecule has 1 unspecified atom stereocenters. The van der Waals surface area contributed by atoms with E-state index in [4.69, 9.17) is 13.9 Å². The second kappa shape index (κ2) is 11.1. The molecule has 1 aliphatic heterocycles. The standard InChI is InChI=1S/C28H30N2O6/c1-4-34-23-16-20(7-8-22(23)36-15-11-18(2)3)25-24(26(31)19-9-12-29-13-10-19)27(32)28(33)30(25)17-21-6-5-14-35-21/h5-10,12-14,16,18,25,31H,4,11,15,17H2,1-3H3. The number of carbonyl (C=O) groups excluding carboxylic acids is 2. The minimum Gasteiger partial charge on any atom is -0.507 e. The smallest absolute Gasteiger partial charge is 0.296 e. The Labute approximate surface area is 210 Å². The molecule has 1 amide bonds. The molecule has 1 atom stereocenters. The van der Waals surface area contributed by atoms with Gasteiger partial charge in [-0.2, -0.15) is 0 Å². The van der Waals surface area contributed by atoms with Crippen molar-refractivity contribution in [2.24, 2.45) is 5.92 Å². The van der Waals surface area contributed by atoms with Gasteiger partial charge in [-0.1, -0.05) is 19.9 Å². The molecule has 1 saturated heterocycles. The summed E-state index contributed by atoms with van der Waals surface area (Å²) in [6.07, 6.45) is 5.43. The number of amides is 1. The molecule has 0 saturated carbocycles. The molecule has 188 valence electrons. The second-order valence-corrected chi connectivity index (χ2v) is 8.91. The molecule has 0 spiro atoms. The van der Waals surface area contributed by atoms with Gasteiger partial charge >= 0.3 is 0 Å². The third-order valence-electron chi connectivity index (χ3n) is 5.94. The number of hydrogen-bond donors (Lipinski definition) is 1. The lowest BCUT2D eigenvalue weighted by Gasteiger charge is -2.25. The van der Waals surface area contributed by atoms with Crippen molar-refractivity contribution in [2.75, 3.05) is 13.2 Å². The maximum absolute atomic E-state index is 13.2. The number of ether oxygens (including phenoxy) is 2. The van der Waals surface area contributed by atoms with Gasteiger partial charge in [0.2, 0.25) is 0 Å². The molecule has 3 heterocycles. The minimum atomic E-state index is -0.854.